The van der Waals surface area contributed by atoms with Crippen LogP contribution >= 0.6 is 0 Å². The summed E-state index contributed by atoms with van der Waals surface area (Å²) in [5.74, 6) is 3.39. The summed E-state index contributed by atoms with van der Waals surface area (Å²) >= 11 is 0. The summed E-state index contributed by atoms with van der Waals surface area (Å²) in [6.45, 7) is 13.2. The number of halogens is 19. The number of H-pyrrole nitrogens is 5. The average Bonchev–Trinajstić information content (AvgIpc) is 1.63. The van der Waals surface area contributed by atoms with E-state index in [4.69, 9.17) is 18.2 Å². The van der Waals surface area contributed by atoms with Gasteiger partial charge in [0.25, 0.3) is 0 Å². The predicted octanol–water partition coefficient (Wildman–Crippen LogP) is 32.3. The Labute approximate surface area is 807 Å². The van der Waals surface area contributed by atoms with Gasteiger partial charge >= 0.3 is 37.4 Å². The number of hydrogen-bond donors (Lipinski definition) is 5. The summed E-state index contributed by atoms with van der Waals surface area (Å²) < 4.78 is 274. The first-order chi connectivity index (χ1) is 68.4. The maximum absolute atomic E-state index is 13.3. The first-order valence-corrected chi connectivity index (χ1v) is 43.7. The number of imidazole rings is 5. The maximum Gasteiger partial charge on any atom is 0.573 e. The van der Waals surface area contributed by atoms with E-state index < -0.39 is 59.7 Å². The fourth-order valence-corrected chi connectivity index (χ4v) is 15.8. The van der Waals surface area contributed by atoms with Crippen molar-refractivity contribution in [2.24, 2.45) is 0 Å². The molecule has 0 fully saturated rings. The minimum Gasteiger partial charge on any atom is -0.453 e. The molecule has 0 aliphatic rings. The van der Waals surface area contributed by atoms with Gasteiger partial charge in [0, 0.05) is 114 Å². The minimum atomic E-state index is -4.94. The van der Waals surface area contributed by atoms with Crippen molar-refractivity contribution in [1.82, 2.24) is 59.0 Å². The molecule has 0 unspecified atom stereocenters. The van der Waals surface area contributed by atoms with Gasteiger partial charge in [-0.05, 0) is 194 Å². The van der Waals surface area contributed by atoms with Crippen LogP contribution in [0.4, 0.5) is 83.4 Å². The van der Waals surface area contributed by atoms with Crippen LogP contribution in [0.15, 0.2) is 335 Å². The van der Waals surface area contributed by atoms with Gasteiger partial charge in [0.1, 0.15) is 46.2 Å². The summed E-state index contributed by atoms with van der Waals surface area (Å²) in [7, 11) is 0. The molecule has 0 saturated heterocycles. The Bertz CT molecular complexity index is 7810. The Kier molecular flexibility index (Phi) is 28.4. The highest BCUT2D eigenvalue weighted by atomic mass is 19.4. The zero-order chi connectivity index (χ0) is 102. The van der Waals surface area contributed by atoms with Crippen molar-refractivity contribution >= 4 is 0 Å². The Balaban J connectivity index is 0.000000129. The van der Waals surface area contributed by atoms with Crippen LogP contribution in [0.5, 0.6) is 11.5 Å². The van der Waals surface area contributed by atoms with Gasteiger partial charge in [-0.2, -0.15) is 52.7 Å². The van der Waals surface area contributed by atoms with Gasteiger partial charge in [0.2, 0.25) is 0 Å². The standard InChI is InChI=1S/C23H20F3N3.C22H14F6N2O.C21H14F4N2O2.C21H16F3N3.C21H15F3N2O2/c1-14-12-20(22-27-15(2)21(28-22)17-8-5-4-6-9-17)16(3)29(14)19-11-7-10-18(13-19)23(24,25)26;1-12-19(13-5-3-2-4-6-13)30-20(29-12)18-8-7-17(31-18)14-9-15(21(23,24)25)11-16(10-14)22(26,27)28;1-12-19(13-5-7-15(22)8-6-13)27-20(26-12)18-10-9-17(28-18)14-3-2-4-16(11-14)29-21(23,24)25;1-14-19(15-7-3-2-4-8-15)26-20(25-14)16-11-12-27(13-16)18-10-6-5-9-17(18)21(22,23)24;1-13-19(14-6-3-2-4-7-14)26-20(25-13)18-11-10-17(27-18)15-8-5-9-16(12-15)28-21(22,23)24/h4-13H,1-3H3,(H,27,28);2-11H,1H3,(H,29,30);2-11H,1H3,(H,26,27);2-13H,1H3,(H,25,26);2-12H,1H3,(H,25,26). The van der Waals surface area contributed by atoms with Crippen molar-refractivity contribution < 1.29 is 106 Å². The number of ether oxygens (including phenoxy) is 2. The highest BCUT2D eigenvalue weighted by molar-refractivity contribution is 5.75. The van der Waals surface area contributed by atoms with E-state index in [0.717, 1.165) is 108 Å². The molecule has 0 atom stereocenters. The van der Waals surface area contributed by atoms with Crippen LogP contribution in [0.25, 0.3) is 159 Å². The van der Waals surface area contributed by atoms with E-state index in [2.05, 4.69) is 54.3 Å². The molecule has 0 aliphatic heterocycles. The topological polar surface area (TPSA) is 211 Å². The summed E-state index contributed by atoms with van der Waals surface area (Å²) in [4.78, 5) is 38.8. The number of para-hydroxylation sites is 1. The lowest BCUT2D eigenvalue weighted by Gasteiger charge is -2.13. The second kappa shape index (κ2) is 41.0. The van der Waals surface area contributed by atoms with Crippen LogP contribution in [-0.2, 0) is 24.7 Å². The largest absolute Gasteiger partial charge is 0.573 e. The first kappa shape index (κ1) is 99.9. The third-order valence-corrected chi connectivity index (χ3v) is 22.4. The van der Waals surface area contributed by atoms with E-state index in [1.165, 1.54) is 89.5 Å². The van der Waals surface area contributed by atoms with E-state index >= 15 is 0 Å². The van der Waals surface area contributed by atoms with Crippen LogP contribution in [0.1, 0.15) is 62.1 Å². The molecule has 0 aliphatic carbocycles. The number of alkyl halides is 18. The van der Waals surface area contributed by atoms with Crippen molar-refractivity contribution in [3.63, 3.8) is 0 Å². The second-order valence-electron chi connectivity index (χ2n) is 32.7. The van der Waals surface area contributed by atoms with Gasteiger partial charge in [-0.25, -0.2) is 29.3 Å². The SMILES string of the molecule is Cc1[nH]c(-c2cc(C)n(-c3cccc(C(F)(F)F)c3)c2C)nc1-c1ccccc1.Cc1[nH]c(-c2ccc(-c3cc(C(F)(F)F)cc(C(F)(F)F)c3)o2)nc1-c1ccccc1.Cc1[nH]c(-c2ccc(-c3cccc(OC(F)(F)F)c3)o2)nc1-c1ccc(F)cc1.Cc1[nH]c(-c2ccc(-c3cccc(OC(F)(F)F)c3)o2)nc1-c1ccccc1.Cc1[nH]c(-c2ccn(-c3ccccc3C(F)(F)F)c2)nc1-c1ccccc1. The zero-order valence-corrected chi connectivity index (χ0v) is 76.5. The van der Waals surface area contributed by atoms with Gasteiger partial charge in [-0.15, -0.1) is 26.3 Å². The number of rotatable bonds is 17. The molecule has 20 rings (SSSR count). The van der Waals surface area contributed by atoms with E-state index in [1.54, 1.807) is 86.0 Å². The highest BCUT2D eigenvalue weighted by Crippen LogP contribution is 2.44. The Morgan fingerprint density at radius 3 is 1.03 bits per heavy atom. The summed E-state index contributed by atoms with van der Waals surface area (Å²) in [6.07, 6.45) is -24.9. The molecule has 36 heteroatoms. The zero-order valence-electron chi connectivity index (χ0n) is 76.5. The lowest BCUT2D eigenvalue weighted by Crippen LogP contribution is -2.17. The fraction of sp³-hybridized carbons (Fsp3) is 0.120. The number of furan rings is 3. The molecule has 5 N–H and O–H groups in total. The van der Waals surface area contributed by atoms with Crippen molar-refractivity contribution in [2.45, 2.75) is 85.9 Å². The highest BCUT2D eigenvalue weighted by Gasteiger charge is 2.40. The number of nitrogens with zero attached hydrogens (tertiary/aromatic N) is 7. The van der Waals surface area contributed by atoms with Gasteiger partial charge in [-0.3, -0.25) is 0 Å². The molecular formula is C108H79F19N12O5. The number of nitrogens with one attached hydrogen (secondary N) is 5. The maximum atomic E-state index is 13.3. The Morgan fingerprint density at radius 1 is 0.278 bits per heavy atom. The number of aromatic nitrogens is 12. The minimum absolute atomic E-state index is 0.0787. The molecule has 17 nitrogen and oxygen atoms in total. The molecule has 144 heavy (non-hydrogen) atoms. The molecule has 0 bridgehead atoms. The number of aryl methyl sites for hydroxylation is 6. The number of aromatic amines is 5. The van der Waals surface area contributed by atoms with Crippen LogP contribution in [-0.4, -0.2) is 71.7 Å². The molecule has 0 spiro atoms. The van der Waals surface area contributed by atoms with Crippen LogP contribution in [0, 0.1) is 54.3 Å². The molecule has 0 radical (unpaired) electrons. The van der Waals surface area contributed by atoms with E-state index in [1.807, 2.05) is 174 Å². The normalized spacial score (nSPS) is 11.8. The Morgan fingerprint density at radius 2 is 0.625 bits per heavy atom. The van der Waals surface area contributed by atoms with Crippen LogP contribution in [0.2, 0.25) is 0 Å². The number of hydrogen-bond acceptors (Lipinski definition) is 10. The molecule has 10 heterocycles. The monoisotopic (exact) mass is 1980 g/mol. The summed E-state index contributed by atoms with van der Waals surface area (Å²) in [5, 5.41) is 0. The molecule has 10 aromatic heterocycles. The average molecular weight is 1990 g/mol. The Hall–Kier alpha value is -17.1. The first-order valence-electron chi connectivity index (χ1n) is 43.7. The van der Waals surface area contributed by atoms with E-state index in [9.17, 15) is 83.4 Å². The van der Waals surface area contributed by atoms with Gasteiger partial charge < -0.3 is 56.8 Å². The summed E-state index contributed by atoms with van der Waals surface area (Å²) in [5.41, 5.74) is 12.9. The van der Waals surface area contributed by atoms with Gasteiger partial charge in [-0.1, -0.05) is 164 Å². The molecule has 734 valence electrons. The van der Waals surface area contributed by atoms with E-state index in [-0.39, 0.29) is 46.2 Å². The molecule has 20 aromatic rings. The fourth-order valence-electron chi connectivity index (χ4n) is 15.8. The molecule has 0 amide bonds. The second-order valence-corrected chi connectivity index (χ2v) is 32.7. The predicted molar refractivity (Wildman–Crippen MR) is 506 cm³/mol. The van der Waals surface area contributed by atoms with Crippen molar-refractivity contribution in [2.75, 3.05) is 0 Å². The molecular weight excluding hydrogens is 1910 g/mol. The van der Waals surface area contributed by atoms with Crippen molar-refractivity contribution in [1.29, 1.82) is 0 Å². The third kappa shape index (κ3) is 23.8. The van der Waals surface area contributed by atoms with Crippen molar-refractivity contribution in [3.05, 3.63) is 390 Å². The smallest absolute Gasteiger partial charge is 0.453 e. The lowest BCUT2D eigenvalue weighted by atomic mass is 10.0. The van der Waals surface area contributed by atoms with Crippen LogP contribution in [0.3, 0.4) is 0 Å². The van der Waals surface area contributed by atoms with E-state index in [0.29, 0.717) is 92.5 Å². The third-order valence-electron chi connectivity index (χ3n) is 22.4. The number of benzene rings is 10. The van der Waals surface area contributed by atoms with Crippen LogP contribution < -0.4 is 9.47 Å². The summed E-state index contributed by atoms with van der Waals surface area (Å²) in [6, 6.07) is 81.1. The van der Waals surface area contributed by atoms with Gasteiger partial charge in [0.05, 0.1) is 56.4 Å². The quantitative estimate of drug-likeness (QED) is 0.0544. The molecule has 10 aromatic carbocycles. The van der Waals surface area contributed by atoms with Gasteiger partial charge in [0.15, 0.2) is 34.8 Å². The lowest BCUT2D eigenvalue weighted by molar-refractivity contribution is -0.275. The molecule has 0 saturated carbocycles. The van der Waals surface area contributed by atoms with Crippen molar-refractivity contribution in [3.8, 4) is 171 Å².